The van der Waals surface area contributed by atoms with Gasteiger partial charge < -0.3 is 15.2 Å². The molecule has 118 valence electrons. The molecular weight excluding hydrogens is 286 g/mol. The molecule has 1 fully saturated rings. The zero-order chi connectivity index (χ0) is 15.2. The van der Waals surface area contributed by atoms with E-state index in [9.17, 15) is 0 Å². The molecule has 1 aromatic carbocycles. The van der Waals surface area contributed by atoms with Crippen molar-refractivity contribution < 1.29 is 9.47 Å². The molecule has 1 unspecified atom stereocenters. The minimum absolute atomic E-state index is 0.0207. The summed E-state index contributed by atoms with van der Waals surface area (Å²) in [6.07, 6.45) is 6.24. The molecule has 3 nitrogen and oxygen atoms in total. The van der Waals surface area contributed by atoms with Crippen molar-refractivity contribution in [3.63, 3.8) is 0 Å². The Hall–Kier alpha value is -0.930. The molecule has 1 atom stereocenters. The SMILES string of the molecule is CCOc1cc(Cl)c(C(N)C2CCCCC2)cc1OCC. The summed E-state index contributed by atoms with van der Waals surface area (Å²) < 4.78 is 11.3. The molecule has 0 heterocycles. The van der Waals surface area contributed by atoms with Gasteiger partial charge in [-0.2, -0.15) is 0 Å². The summed E-state index contributed by atoms with van der Waals surface area (Å²) in [5, 5.41) is 0.681. The molecule has 4 heteroatoms. The van der Waals surface area contributed by atoms with Gasteiger partial charge >= 0.3 is 0 Å². The lowest BCUT2D eigenvalue weighted by Gasteiger charge is -2.28. The first-order valence-corrected chi connectivity index (χ1v) is 8.39. The Morgan fingerprint density at radius 2 is 1.67 bits per heavy atom. The summed E-state index contributed by atoms with van der Waals surface area (Å²) in [7, 11) is 0. The Morgan fingerprint density at radius 1 is 1.10 bits per heavy atom. The lowest BCUT2D eigenvalue weighted by molar-refractivity contribution is 0.284. The van der Waals surface area contributed by atoms with Crippen LogP contribution in [0.4, 0.5) is 0 Å². The highest BCUT2D eigenvalue weighted by Gasteiger charge is 2.25. The Labute approximate surface area is 132 Å². The van der Waals surface area contributed by atoms with Crippen LogP contribution in [0.3, 0.4) is 0 Å². The fraction of sp³-hybridized carbons (Fsp3) is 0.647. The fourth-order valence-corrected chi connectivity index (χ4v) is 3.37. The summed E-state index contributed by atoms with van der Waals surface area (Å²) in [5.41, 5.74) is 7.46. The van der Waals surface area contributed by atoms with Gasteiger partial charge in [-0.15, -0.1) is 0 Å². The summed E-state index contributed by atoms with van der Waals surface area (Å²) in [5.74, 6) is 1.96. The van der Waals surface area contributed by atoms with E-state index in [0.717, 1.165) is 11.3 Å². The first-order chi connectivity index (χ1) is 10.2. The van der Waals surface area contributed by atoms with Gasteiger partial charge in [-0.1, -0.05) is 30.9 Å². The lowest BCUT2D eigenvalue weighted by atomic mass is 9.81. The number of nitrogens with two attached hydrogens (primary N) is 1. The Kier molecular flexibility index (Phi) is 6.19. The Morgan fingerprint density at radius 3 is 2.24 bits per heavy atom. The average Bonchev–Trinajstić information content (AvgIpc) is 2.50. The predicted molar refractivity (Wildman–Crippen MR) is 87.3 cm³/mol. The maximum Gasteiger partial charge on any atom is 0.162 e. The van der Waals surface area contributed by atoms with Crippen LogP contribution in [-0.2, 0) is 0 Å². The van der Waals surface area contributed by atoms with Crippen molar-refractivity contribution >= 4 is 11.6 Å². The second-order valence-corrected chi connectivity index (χ2v) is 6.02. The summed E-state index contributed by atoms with van der Waals surface area (Å²) in [6, 6.07) is 3.79. The minimum Gasteiger partial charge on any atom is -0.490 e. The molecule has 1 saturated carbocycles. The van der Waals surface area contributed by atoms with E-state index in [1.165, 1.54) is 32.1 Å². The number of hydrogen-bond acceptors (Lipinski definition) is 3. The molecule has 21 heavy (non-hydrogen) atoms. The first kappa shape index (κ1) is 16.4. The van der Waals surface area contributed by atoms with Crippen LogP contribution >= 0.6 is 11.6 Å². The summed E-state index contributed by atoms with van der Waals surface area (Å²) in [6.45, 7) is 5.10. The van der Waals surface area contributed by atoms with Gasteiger partial charge in [0.1, 0.15) is 0 Å². The lowest BCUT2D eigenvalue weighted by Crippen LogP contribution is -2.24. The maximum atomic E-state index is 6.48. The molecule has 0 saturated heterocycles. The molecule has 0 aromatic heterocycles. The van der Waals surface area contributed by atoms with Gasteiger partial charge in [0.2, 0.25) is 0 Å². The zero-order valence-electron chi connectivity index (χ0n) is 13.0. The monoisotopic (exact) mass is 311 g/mol. The smallest absolute Gasteiger partial charge is 0.162 e. The number of benzene rings is 1. The van der Waals surface area contributed by atoms with Crippen LogP contribution in [0, 0.1) is 5.92 Å². The number of hydrogen-bond donors (Lipinski definition) is 1. The van der Waals surface area contributed by atoms with Gasteiger partial charge in [-0.25, -0.2) is 0 Å². The Bertz CT molecular complexity index is 458. The van der Waals surface area contributed by atoms with Gasteiger partial charge in [0, 0.05) is 17.1 Å². The van der Waals surface area contributed by atoms with Crippen LogP contribution in [0.15, 0.2) is 12.1 Å². The van der Waals surface area contributed by atoms with E-state index >= 15 is 0 Å². The molecule has 0 amide bonds. The van der Waals surface area contributed by atoms with Crippen molar-refractivity contribution in [3.05, 3.63) is 22.7 Å². The van der Waals surface area contributed by atoms with Crippen molar-refractivity contribution in [2.75, 3.05) is 13.2 Å². The van der Waals surface area contributed by atoms with E-state index in [-0.39, 0.29) is 6.04 Å². The van der Waals surface area contributed by atoms with Gasteiger partial charge in [0.25, 0.3) is 0 Å². The molecule has 1 aliphatic carbocycles. The number of halogens is 1. The topological polar surface area (TPSA) is 44.5 Å². The van der Waals surface area contributed by atoms with E-state index in [4.69, 9.17) is 26.8 Å². The molecule has 2 rings (SSSR count). The normalized spacial score (nSPS) is 17.5. The Balaban J connectivity index is 2.27. The van der Waals surface area contributed by atoms with E-state index in [1.807, 2.05) is 26.0 Å². The standard InChI is InChI=1S/C17H26ClNO2/c1-3-20-15-10-13(14(18)11-16(15)21-4-2)17(19)12-8-6-5-7-9-12/h10-12,17H,3-9,19H2,1-2H3. The van der Waals surface area contributed by atoms with Crippen LogP contribution < -0.4 is 15.2 Å². The van der Waals surface area contributed by atoms with Crippen LogP contribution in [0.5, 0.6) is 11.5 Å². The van der Waals surface area contributed by atoms with E-state index in [2.05, 4.69) is 0 Å². The summed E-state index contributed by atoms with van der Waals surface area (Å²) in [4.78, 5) is 0. The predicted octanol–water partition coefficient (Wildman–Crippen LogP) is 4.72. The van der Waals surface area contributed by atoms with Crippen LogP contribution in [0.1, 0.15) is 57.6 Å². The van der Waals surface area contributed by atoms with Crippen molar-refractivity contribution in [2.24, 2.45) is 11.7 Å². The van der Waals surface area contributed by atoms with Crippen molar-refractivity contribution in [3.8, 4) is 11.5 Å². The molecule has 2 N–H and O–H groups in total. The van der Waals surface area contributed by atoms with Gasteiger partial charge in [-0.3, -0.25) is 0 Å². The van der Waals surface area contributed by atoms with Crippen LogP contribution in [-0.4, -0.2) is 13.2 Å². The van der Waals surface area contributed by atoms with E-state index < -0.39 is 0 Å². The third kappa shape index (κ3) is 4.04. The third-order valence-electron chi connectivity index (χ3n) is 4.18. The molecule has 1 aromatic rings. The van der Waals surface area contributed by atoms with Crippen molar-refractivity contribution in [1.29, 1.82) is 0 Å². The minimum atomic E-state index is -0.0207. The molecule has 0 bridgehead atoms. The van der Waals surface area contributed by atoms with Gasteiger partial charge in [0.05, 0.1) is 13.2 Å². The largest absolute Gasteiger partial charge is 0.490 e. The highest BCUT2D eigenvalue weighted by Crippen LogP contribution is 2.40. The first-order valence-electron chi connectivity index (χ1n) is 8.02. The van der Waals surface area contributed by atoms with Gasteiger partial charge in [-0.05, 0) is 44.2 Å². The zero-order valence-corrected chi connectivity index (χ0v) is 13.8. The van der Waals surface area contributed by atoms with Crippen molar-refractivity contribution in [2.45, 2.75) is 52.0 Å². The molecular formula is C17H26ClNO2. The second kappa shape index (κ2) is 7.90. The molecule has 0 aliphatic heterocycles. The highest BCUT2D eigenvalue weighted by molar-refractivity contribution is 6.31. The number of ether oxygens (including phenoxy) is 2. The van der Waals surface area contributed by atoms with Gasteiger partial charge in [0.15, 0.2) is 11.5 Å². The molecule has 0 spiro atoms. The number of rotatable bonds is 6. The second-order valence-electron chi connectivity index (χ2n) is 5.61. The van der Waals surface area contributed by atoms with E-state index in [1.54, 1.807) is 0 Å². The average molecular weight is 312 g/mol. The van der Waals surface area contributed by atoms with Crippen LogP contribution in [0.2, 0.25) is 5.02 Å². The maximum absolute atomic E-state index is 6.48. The summed E-state index contributed by atoms with van der Waals surface area (Å²) >= 11 is 6.44. The highest BCUT2D eigenvalue weighted by atomic mass is 35.5. The molecule has 1 aliphatic rings. The quantitative estimate of drug-likeness (QED) is 0.827. The third-order valence-corrected chi connectivity index (χ3v) is 4.51. The molecule has 0 radical (unpaired) electrons. The van der Waals surface area contributed by atoms with Crippen molar-refractivity contribution in [1.82, 2.24) is 0 Å². The van der Waals surface area contributed by atoms with E-state index in [0.29, 0.717) is 29.9 Å². The van der Waals surface area contributed by atoms with Crippen LogP contribution in [0.25, 0.3) is 0 Å². The fourth-order valence-electron chi connectivity index (χ4n) is 3.09.